The molecule has 0 fully saturated rings. The van der Waals surface area contributed by atoms with Gasteiger partial charge in [0.2, 0.25) is 0 Å². The molecule has 122 valence electrons. The van der Waals surface area contributed by atoms with E-state index in [1.165, 1.54) is 0 Å². The molecule has 3 N–H and O–H groups in total. The number of nitrogens with zero attached hydrogens (tertiary/aromatic N) is 1. The minimum Gasteiger partial charge on any atom is -0.478 e. The lowest BCUT2D eigenvalue weighted by Gasteiger charge is -2.09. The molecule has 1 amide bonds. The minimum absolute atomic E-state index is 0.170. The van der Waals surface area contributed by atoms with Crippen LogP contribution in [-0.2, 0) is 11.3 Å². The van der Waals surface area contributed by atoms with Gasteiger partial charge in [-0.3, -0.25) is 9.59 Å². The Morgan fingerprint density at radius 2 is 1.91 bits per heavy atom. The maximum absolute atomic E-state index is 12.2. The molecular weight excluding hydrogens is 294 g/mol. The van der Waals surface area contributed by atoms with Crippen LogP contribution in [0, 0.1) is 0 Å². The number of amides is 1. The van der Waals surface area contributed by atoms with Crippen LogP contribution in [0.1, 0.15) is 12.8 Å². The molecule has 0 aliphatic carbocycles. The van der Waals surface area contributed by atoms with E-state index in [0.717, 1.165) is 12.8 Å². The standard InChI is InChI=1S/C17H21N3O3/c18-10-4-5-11-20-12-6-9-15(17(20)22)23-13-16(21)19-14-7-2-1-3-8-14/h1-3,6-9,12H,4-5,10-11,13,18H2,(H,19,21). The highest BCUT2D eigenvalue weighted by Gasteiger charge is 2.08. The summed E-state index contributed by atoms with van der Waals surface area (Å²) in [6.07, 6.45) is 3.39. The van der Waals surface area contributed by atoms with Crippen LogP contribution in [0.4, 0.5) is 5.69 Å². The average molecular weight is 315 g/mol. The third kappa shape index (κ3) is 5.27. The number of pyridine rings is 1. The van der Waals surface area contributed by atoms with Gasteiger partial charge < -0.3 is 20.4 Å². The van der Waals surface area contributed by atoms with Gasteiger partial charge in [-0.15, -0.1) is 0 Å². The lowest BCUT2D eigenvalue weighted by atomic mass is 10.3. The Kier molecular flexibility index (Phi) is 6.38. The number of aromatic nitrogens is 1. The van der Waals surface area contributed by atoms with E-state index in [4.69, 9.17) is 10.5 Å². The Balaban J connectivity index is 1.91. The number of aryl methyl sites for hydroxylation is 1. The lowest BCUT2D eigenvalue weighted by molar-refractivity contribution is -0.118. The minimum atomic E-state index is -0.311. The summed E-state index contributed by atoms with van der Waals surface area (Å²) in [6, 6.07) is 12.4. The Morgan fingerprint density at radius 1 is 1.13 bits per heavy atom. The number of nitrogens with one attached hydrogen (secondary N) is 1. The molecule has 2 rings (SSSR count). The predicted molar refractivity (Wildman–Crippen MR) is 89.6 cm³/mol. The Labute approximate surface area is 134 Å². The van der Waals surface area contributed by atoms with Gasteiger partial charge in [-0.05, 0) is 43.7 Å². The van der Waals surface area contributed by atoms with Crippen LogP contribution in [0.3, 0.4) is 0 Å². The highest BCUT2D eigenvalue weighted by atomic mass is 16.5. The first-order valence-electron chi connectivity index (χ1n) is 7.58. The smallest absolute Gasteiger partial charge is 0.292 e. The number of rotatable bonds is 8. The van der Waals surface area contributed by atoms with Crippen molar-refractivity contribution in [1.29, 1.82) is 0 Å². The van der Waals surface area contributed by atoms with E-state index in [-0.39, 0.29) is 23.8 Å². The van der Waals surface area contributed by atoms with Crippen LogP contribution in [-0.4, -0.2) is 23.6 Å². The summed E-state index contributed by atoms with van der Waals surface area (Å²) in [7, 11) is 0. The number of benzene rings is 1. The number of unbranched alkanes of at least 4 members (excludes halogenated alkanes) is 1. The van der Waals surface area contributed by atoms with Crippen molar-refractivity contribution in [3.63, 3.8) is 0 Å². The van der Waals surface area contributed by atoms with Crippen LogP contribution in [0.5, 0.6) is 5.75 Å². The van der Waals surface area contributed by atoms with Crippen LogP contribution in [0.25, 0.3) is 0 Å². The summed E-state index contributed by atoms with van der Waals surface area (Å²) < 4.78 is 6.92. The monoisotopic (exact) mass is 315 g/mol. The van der Waals surface area contributed by atoms with Crippen LogP contribution in [0.2, 0.25) is 0 Å². The van der Waals surface area contributed by atoms with Crippen LogP contribution >= 0.6 is 0 Å². The number of hydrogen-bond donors (Lipinski definition) is 2. The number of carbonyl (C=O) groups is 1. The quantitative estimate of drug-likeness (QED) is 0.725. The van der Waals surface area contributed by atoms with E-state index < -0.39 is 0 Å². The first-order valence-corrected chi connectivity index (χ1v) is 7.58. The first kappa shape index (κ1) is 16.8. The summed E-state index contributed by atoms with van der Waals surface area (Å²) in [5.74, 6) is -0.141. The molecule has 0 aliphatic rings. The van der Waals surface area contributed by atoms with Crippen molar-refractivity contribution >= 4 is 11.6 Å². The van der Waals surface area contributed by atoms with Crippen molar-refractivity contribution in [3.8, 4) is 5.75 Å². The maximum Gasteiger partial charge on any atom is 0.292 e. The molecule has 0 bridgehead atoms. The number of carbonyl (C=O) groups excluding carboxylic acids is 1. The topological polar surface area (TPSA) is 86.3 Å². The Morgan fingerprint density at radius 3 is 2.65 bits per heavy atom. The number of ether oxygens (including phenoxy) is 1. The molecule has 23 heavy (non-hydrogen) atoms. The van der Waals surface area contributed by atoms with E-state index in [9.17, 15) is 9.59 Å². The van der Waals surface area contributed by atoms with Crippen molar-refractivity contribution in [1.82, 2.24) is 4.57 Å². The van der Waals surface area contributed by atoms with Gasteiger partial charge in [0.05, 0.1) is 0 Å². The Bertz CT molecular complexity index is 683. The summed E-state index contributed by atoms with van der Waals surface area (Å²) in [6.45, 7) is 0.977. The zero-order chi connectivity index (χ0) is 16.5. The molecule has 1 heterocycles. The molecule has 1 aromatic heterocycles. The molecule has 0 spiro atoms. The summed E-state index contributed by atoms with van der Waals surface area (Å²) in [4.78, 5) is 24.0. The van der Waals surface area contributed by atoms with E-state index in [1.54, 1.807) is 35.0 Å². The third-order valence-electron chi connectivity index (χ3n) is 3.25. The van der Waals surface area contributed by atoms with Gasteiger partial charge >= 0.3 is 0 Å². The molecule has 0 radical (unpaired) electrons. The predicted octanol–water partition coefficient (Wildman–Crippen LogP) is 1.60. The fourth-order valence-corrected chi connectivity index (χ4v) is 2.09. The second-order valence-corrected chi connectivity index (χ2v) is 5.07. The van der Waals surface area contributed by atoms with Crippen molar-refractivity contribution in [2.24, 2.45) is 5.73 Å². The van der Waals surface area contributed by atoms with Gasteiger partial charge in [0.15, 0.2) is 12.4 Å². The van der Waals surface area contributed by atoms with Gasteiger partial charge in [-0.2, -0.15) is 0 Å². The fourth-order valence-electron chi connectivity index (χ4n) is 2.09. The van der Waals surface area contributed by atoms with Gasteiger partial charge in [0.1, 0.15) is 0 Å². The van der Waals surface area contributed by atoms with Crippen molar-refractivity contribution < 1.29 is 9.53 Å². The van der Waals surface area contributed by atoms with E-state index in [2.05, 4.69) is 5.32 Å². The third-order valence-corrected chi connectivity index (χ3v) is 3.25. The number of anilines is 1. The zero-order valence-corrected chi connectivity index (χ0v) is 12.9. The molecule has 1 aromatic carbocycles. The average Bonchev–Trinajstić information content (AvgIpc) is 2.56. The molecule has 0 aliphatic heterocycles. The van der Waals surface area contributed by atoms with E-state index >= 15 is 0 Å². The molecule has 6 heteroatoms. The second-order valence-electron chi connectivity index (χ2n) is 5.07. The lowest BCUT2D eigenvalue weighted by Crippen LogP contribution is -2.25. The van der Waals surface area contributed by atoms with Crippen LogP contribution in [0.15, 0.2) is 53.5 Å². The van der Waals surface area contributed by atoms with E-state index in [0.29, 0.717) is 18.8 Å². The first-order chi connectivity index (χ1) is 11.2. The van der Waals surface area contributed by atoms with Gasteiger partial charge in [0.25, 0.3) is 11.5 Å². The summed E-state index contributed by atoms with van der Waals surface area (Å²) in [5.41, 5.74) is 5.90. The highest BCUT2D eigenvalue weighted by molar-refractivity contribution is 5.91. The molecule has 6 nitrogen and oxygen atoms in total. The highest BCUT2D eigenvalue weighted by Crippen LogP contribution is 2.06. The van der Waals surface area contributed by atoms with Gasteiger partial charge in [-0.25, -0.2) is 0 Å². The second kappa shape index (κ2) is 8.75. The van der Waals surface area contributed by atoms with Gasteiger partial charge in [-0.1, -0.05) is 18.2 Å². The molecule has 0 saturated heterocycles. The summed E-state index contributed by atoms with van der Waals surface area (Å²) in [5, 5.41) is 2.70. The fraction of sp³-hybridized carbons (Fsp3) is 0.294. The zero-order valence-electron chi connectivity index (χ0n) is 12.9. The number of nitrogens with two attached hydrogens (primary N) is 1. The molecular formula is C17H21N3O3. The van der Waals surface area contributed by atoms with Crippen molar-refractivity contribution in [3.05, 3.63) is 59.0 Å². The molecule has 0 unspecified atom stereocenters. The maximum atomic E-state index is 12.2. The van der Waals surface area contributed by atoms with E-state index in [1.807, 2.05) is 18.2 Å². The summed E-state index contributed by atoms with van der Waals surface area (Å²) >= 11 is 0. The largest absolute Gasteiger partial charge is 0.478 e. The molecule has 0 saturated carbocycles. The van der Waals surface area contributed by atoms with Crippen LogP contribution < -0.4 is 21.3 Å². The normalized spacial score (nSPS) is 10.3. The number of hydrogen-bond acceptors (Lipinski definition) is 4. The SMILES string of the molecule is NCCCCn1cccc(OCC(=O)Nc2ccccc2)c1=O. The Hall–Kier alpha value is -2.60. The number of para-hydroxylation sites is 1. The van der Waals surface area contributed by atoms with Crippen molar-refractivity contribution in [2.45, 2.75) is 19.4 Å². The molecule has 2 aromatic rings. The molecule has 0 atom stereocenters. The van der Waals surface area contributed by atoms with Gasteiger partial charge in [0, 0.05) is 18.4 Å². The van der Waals surface area contributed by atoms with Crippen molar-refractivity contribution in [2.75, 3.05) is 18.5 Å².